The van der Waals surface area contributed by atoms with E-state index in [0.717, 1.165) is 6.42 Å². The molecule has 12 heavy (non-hydrogen) atoms. The number of halogens is 1. The first kappa shape index (κ1) is 11.4. The third-order valence-corrected chi connectivity index (χ3v) is 1.82. The van der Waals surface area contributed by atoms with E-state index >= 15 is 0 Å². The van der Waals surface area contributed by atoms with Gasteiger partial charge in [-0.2, -0.15) is 0 Å². The Kier molecular flexibility index (Phi) is 5.72. The highest BCUT2D eigenvalue weighted by atomic mass is 35.5. The Morgan fingerprint density at radius 1 is 1.50 bits per heavy atom. The Bertz CT molecular complexity index is 170. The van der Waals surface area contributed by atoms with Crippen LogP contribution in [0.15, 0.2) is 0 Å². The maximum Gasteiger partial charge on any atom is 0.217 e. The molecule has 0 spiro atoms. The van der Waals surface area contributed by atoms with Crippen LogP contribution in [-0.4, -0.2) is 23.6 Å². The number of amides is 1. The van der Waals surface area contributed by atoms with E-state index in [1.165, 1.54) is 6.92 Å². The number of hydrogen-bond acceptors (Lipinski definition) is 2. The molecule has 0 rings (SSSR count). The van der Waals surface area contributed by atoms with Gasteiger partial charge < -0.3 is 5.32 Å². The molecule has 0 aromatic carbocycles. The van der Waals surface area contributed by atoms with Crippen LogP contribution in [0.3, 0.4) is 0 Å². The van der Waals surface area contributed by atoms with Crippen LogP contribution in [0.1, 0.15) is 26.7 Å². The normalized spacial score (nSPS) is 12.2. The lowest BCUT2D eigenvalue weighted by atomic mass is 10.1. The Hall–Kier alpha value is -0.570. The van der Waals surface area contributed by atoms with Gasteiger partial charge in [0, 0.05) is 19.4 Å². The summed E-state index contributed by atoms with van der Waals surface area (Å²) >= 11 is 5.33. The summed E-state index contributed by atoms with van der Waals surface area (Å²) in [7, 11) is 0. The van der Waals surface area contributed by atoms with Gasteiger partial charge in [-0.05, 0) is 6.42 Å². The van der Waals surface area contributed by atoms with Crippen LogP contribution in [0.25, 0.3) is 0 Å². The first-order valence-corrected chi connectivity index (χ1v) is 4.48. The highest BCUT2D eigenvalue weighted by Crippen LogP contribution is 1.99. The minimum absolute atomic E-state index is 0.0239. The van der Waals surface area contributed by atoms with E-state index in [9.17, 15) is 9.59 Å². The Balaban J connectivity index is 3.82. The molecule has 0 aromatic heterocycles. The maximum atomic E-state index is 10.9. The van der Waals surface area contributed by atoms with Crippen LogP contribution in [0.2, 0.25) is 0 Å². The molecule has 0 saturated carbocycles. The number of alkyl halides is 1. The lowest BCUT2D eigenvalue weighted by Gasteiger charge is -2.13. The van der Waals surface area contributed by atoms with Crippen LogP contribution < -0.4 is 5.32 Å². The van der Waals surface area contributed by atoms with Gasteiger partial charge in [0.1, 0.15) is 5.78 Å². The zero-order valence-electron chi connectivity index (χ0n) is 7.39. The molecule has 1 atom stereocenters. The van der Waals surface area contributed by atoms with Gasteiger partial charge in [-0.25, -0.2) is 0 Å². The first-order chi connectivity index (χ1) is 5.60. The van der Waals surface area contributed by atoms with E-state index in [-0.39, 0.29) is 23.6 Å². The van der Waals surface area contributed by atoms with Crippen molar-refractivity contribution in [1.29, 1.82) is 0 Å². The van der Waals surface area contributed by atoms with Crippen LogP contribution >= 0.6 is 11.6 Å². The average molecular weight is 192 g/mol. The molecule has 0 bridgehead atoms. The fraction of sp³-hybridized carbons (Fsp3) is 0.750. The second kappa shape index (κ2) is 6.00. The van der Waals surface area contributed by atoms with Gasteiger partial charge in [-0.3, -0.25) is 9.59 Å². The fourth-order valence-corrected chi connectivity index (χ4v) is 1.02. The third-order valence-electron chi connectivity index (χ3n) is 1.52. The number of carbonyl (C=O) groups excluding carboxylic acids is 2. The standard InChI is InChI=1S/C8H14ClNO2/c1-3-7(10-6(2)11)4-8(12)5-9/h7H,3-5H2,1-2H3,(H,10,11). The second-order valence-electron chi connectivity index (χ2n) is 2.68. The maximum absolute atomic E-state index is 10.9. The van der Waals surface area contributed by atoms with Gasteiger partial charge in [0.05, 0.1) is 5.88 Å². The monoisotopic (exact) mass is 191 g/mol. The third kappa shape index (κ3) is 5.13. The molecule has 0 heterocycles. The Morgan fingerprint density at radius 3 is 2.42 bits per heavy atom. The summed E-state index contributed by atoms with van der Waals surface area (Å²) in [5, 5.41) is 2.68. The van der Waals surface area contributed by atoms with E-state index in [2.05, 4.69) is 5.32 Å². The summed E-state index contributed by atoms with van der Waals surface area (Å²) in [6, 6.07) is -0.0613. The van der Waals surface area contributed by atoms with Crippen LogP contribution in [0.4, 0.5) is 0 Å². The van der Waals surface area contributed by atoms with Crippen molar-refractivity contribution in [3.05, 3.63) is 0 Å². The van der Waals surface area contributed by atoms with Gasteiger partial charge in [-0.1, -0.05) is 6.92 Å². The lowest BCUT2D eigenvalue weighted by molar-refractivity contribution is -0.120. The Morgan fingerprint density at radius 2 is 2.08 bits per heavy atom. The largest absolute Gasteiger partial charge is 0.353 e. The fourth-order valence-electron chi connectivity index (χ4n) is 0.914. The number of carbonyl (C=O) groups is 2. The topological polar surface area (TPSA) is 46.2 Å². The van der Waals surface area contributed by atoms with Crippen LogP contribution in [0, 0.1) is 0 Å². The predicted molar refractivity (Wildman–Crippen MR) is 48.2 cm³/mol. The van der Waals surface area contributed by atoms with Crippen molar-refractivity contribution in [2.75, 3.05) is 5.88 Å². The minimum atomic E-state index is -0.107. The average Bonchev–Trinajstić information content (AvgIpc) is 2.02. The first-order valence-electron chi connectivity index (χ1n) is 3.94. The predicted octanol–water partition coefficient (Wildman–Crippen LogP) is 1.10. The van der Waals surface area contributed by atoms with E-state index in [1.807, 2.05) is 6.92 Å². The smallest absolute Gasteiger partial charge is 0.217 e. The molecular formula is C8H14ClNO2. The molecule has 3 nitrogen and oxygen atoms in total. The van der Waals surface area contributed by atoms with Crippen LogP contribution in [-0.2, 0) is 9.59 Å². The number of rotatable bonds is 5. The molecule has 0 aliphatic heterocycles. The highest BCUT2D eigenvalue weighted by molar-refractivity contribution is 6.27. The molecule has 0 aliphatic rings. The molecule has 1 unspecified atom stereocenters. The minimum Gasteiger partial charge on any atom is -0.353 e. The molecule has 0 fully saturated rings. The van der Waals surface area contributed by atoms with Crippen molar-refractivity contribution >= 4 is 23.3 Å². The molecule has 70 valence electrons. The summed E-state index contributed by atoms with van der Waals surface area (Å²) in [5.41, 5.74) is 0. The second-order valence-corrected chi connectivity index (χ2v) is 2.95. The zero-order valence-corrected chi connectivity index (χ0v) is 8.15. The van der Waals surface area contributed by atoms with E-state index in [0.29, 0.717) is 6.42 Å². The number of ketones is 1. The molecule has 1 N–H and O–H groups in total. The van der Waals surface area contributed by atoms with Crippen molar-refractivity contribution in [2.45, 2.75) is 32.7 Å². The van der Waals surface area contributed by atoms with E-state index < -0.39 is 0 Å². The molecule has 0 aliphatic carbocycles. The van der Waals surface area contributed by atoms with Crippen molar-refractivity contribution in [3.63, 3.8) is 0 Å². The van der Waals surface area contributed by atoms with Crippen molar-refractivity contribution in [1.82, 2.24) is 5.32 Å². The van der Waals surface area contributed by atoms with Gasteiger partial charge in [0.2, 0.25) is 5.91 Å². The van der Waals surface area contributed by atoms with Gasteiger partial charge in [-0.15, -0.1) is 11.6 Å². The summed E-state index contributed by atoms with van der Waals surface area (Å²) in [6.45, 7) is 3.36. The quantitative estimate of drug-likeness (QED) is 0.662. The van der Waals surface area contributed by atoms with Crippen molar-refractivity contribution < 1.29 is 9.59 Å². The lowest BCUT2D eigenvalue weighted by Crippen LogP contribution is -2.34. The Labute approximate surface area is 77.5 Å². The summed E-state index contributed by atoms with van der Waals surface area (Å²) in [5.74, 6) is -0.114. The van der Waals surface area contributed by atoms with Gasteiger partial charge in [0.25, 0.3) is 0 Å². The zero-order chi connectivity index (χ0) is 9.56. The van der Waals surface area contributed by atoms with Gasteiger partial charge >= 0.3 is 0 Å². The summed E-state index contributed by atoms with van der Waals surface area (Å²) < 4.78 is 0. The van der Waals surface area contributed by atoms with Gasteiger partial charge in [0.15, 0.2) is 0 Å². The molecule has 0 aromatic rings. The molecule has 1 amide bonds. The van der Waals surface area contributed by atoms with Crippen molar-refractivity contribution in [3.8, 4) is 0 Å². The SMILES string of the molecule is CCC(CC(=O)CCl)NC(C)=O. The molecule has 0 radical (unpaired) electrons. The molecular weight excluding hydrogens is 178 g/mol. The van der Waals surface area contributed by atoms with E-state index in [1.54, 1.807) is 0 Å². The summed E-state index contributed by atoms with van der Waals surface area (Å²) in [4.78, 5) is 21.5. The van der Waals surface area contributed by atoms with Crippen molar-refractivity contribution in [2.24, 2.45) is 0 Å². The number of Topliss-reactive ketones (excluding diaryl/α,β-unsaturated/α-hetero) is 1. The van der Waals surface area contributed by atoms with Crippen LogP contribution in [0.5, 0.6) is 0 Å². The highest BCUT2D eigenvalue weighted by Gasteiger charge is 2.11. The molecule has 4 heteroatoms. The number of nitrogens with one attached hydrogen (secondary N) is 1. The molecule has 0 saturated heterocycles. The van der Waals surface area contributed by atoms with E-state index in [4.69, 9.17) is 11.6 Å². The number of hydrogen-bond donors (Lipinski definition) is 1. The summed E-state index contributed by atoms with van der Waals surface area (Å²) in [6.07, 6.45) is 1.09.